The molecule has 2 fully saturated rings. The van der Waals surface area contributed by atoms with Gasteiger partial charge in [0.1, 0.15) is 10.3 Å². The van der Waals surface area contributed by atoms with Crippen LogP contribution in [-0.2, 0) is 16.0 Å². The van der Waals surface area contributed by atoms with Gasteiger partial charge < -0.3 is 9.47 Å². The molecule has 1 aromatic heterocycles. The Labute approximate surface area is 122 Å². The van der Waals surface area contributed by atoms with Crippen molar-refractivity contribution in [1.29, 1.82) is 0 Å². The van der Waals surface area contributed by atoms with Crippen molar-refractivity contribution < 1.29 is 9.47 Å². The van der Waals surface area contributed by atoms with Crippen molar-refractivity contribution in [1.82, 2.24) is 9.88 Å². The Morgan fingerprint density at radius 3 is 2.79 bits per heavy atom. The van der Waals surface area contributed by atoms with Crippen molar-refractivity contribution in [3.63, 3.8) is 0 Å². The summed E-state index contributed by atoms with van der Waals surface area (Å²) in [6.45, 7) is 3.94. The molecule has 0 aliphatic carbocycles. The zero-order valence-electron chi connectivity index (χ0n) is 10.6. The smallest absolute Gasteiger partial charge is 0.181 e. The maximum atomic E-state index is 6.12. The standard InChI is InChI=1S/C13H16Cl2N2O2/c14-11-3-2-10(12(15)16-11)8-17-5-1-4-13(9-17)18-6-7-19-13/h2-3H,1,4-9H2. The zero-order valence-corrected chi connectivity index (χ0v) is 12.1. The van der Waals surface area contributed by atoms with E-state index in [0.717, 1.165) is 38.0 Å². The van der Waals surface area contributed by atoms with Crippen LogP contribution in [0.2, 0.25) is 10.3 Å². The summed E-state index contributed by atoms with van der Waals surface area (Å²) in [7, 11) is 0. The summed E-state index contributed by atoms with van der Waals surface area (Å²) in [5.74, 6) is -0.398. The van der Waals surface area contributed by atoms with E-state index in [1.807, 2.05) is 6.07 Å². The van der Waals surface area contributed by atoms with E-state index < -0.39 is 5.79 Å². The van der Waals surface area contributed by atoms with Gasteiger partial charge in [-0.25, -0.2) is 4.98 Å². The van der Waals surface area contributed by atoms with Crippen LogP contribution < -0.4 is 0 Å². The fraction of sp³-hybridized carbons (Fsp3) is 0.615. The van der Waals surface area contributed by atoms with E-state index in [9.17, 15) is 0 Å². The van der Waals surface area contributed by atoms with Crippen LogP contribution in [0.15, 0.2) is 12.1 Å². The van der Waals surface area contributed by atoms with E-state index in [1.54, 1.807) is 6.07 Å². The number of nitrogens with zero attached hydrogens (tertiary/aromatic N) is 2. The Morgan fingerprint density at radius 1 is 1.26 bits per heavy atom. The largest absolute Gasteiger partial charge is 0.346 e. The van der Waals surface area contributed by atoms with E-state index in [1.165, 1.54) is 0 Å². The van der Waals surface area contributed by atoms with Crippen LogP contribution in [0.4, 0.5) is 0 Å². The summed E-state index contributed by atoms with van der Waals surface area (Å²) < 4.78 is 11.5. The second-order valence-electron chi connectivity index (χ2n) is 5.01. The average Bonchev–Trinajstić information content (AvgIpc) is 2.81. The van der Waals surface area contributed by atoms with E-state index >= 15 is 0 Å². The third kappa shape index (κ3) is 3.03. The first kappa shape index (κ1) is 13.6. The van der Waals surface area contributed by atoms with Crippen LogP contribution in [0.25, 0.3) is 0 Å². The molecule has 0 saturated carbocycles. The Balaban J connectivity index is 1.69. The van der Waals surface area contributed by atoms with Gasteiger partial charge in [-0.2, -0.15) is 0 Å². The third-order valence-corrected chi connectivity index (χ3v) is 4.13. The summed E-state index contributed by atoms with van der Waals surface area (Å²) in [6.07, 6.45) is 2.04. The van der Waals surface area contributed by atoms with Gasteiger partial charge in [0.2, 0.25) is 0 Å². The molecule has 0 unspecified atom stereocenters. The minimum atomic E-state index is -0.398. The number of ether oxygens (including phenoxy) is 2. The number of hydrogen-bond donors (Lipinski definition) is 0. The summed E-state index contributed by atoms with van der Waals surface area (Å²) in [5.41, 5.74) is 0.987. The first-order chi connectivity index (χ1) is 9.17. The highest BCUT2D eigenvalue weighted by molar-refractivity contribution is 6.32. The molecule has 3 heterocycles. The summed E-state index contributed by atoms with van der Waals surface area (Å²) in [5, 5.41) is 0.895. The quantitative estimate of drug-likeness (QED) is 0.787. The molecule has 2 aliphatic rings. The minimum Gasteiger partial charge on any atom is -0.346 e. The van der Waals surface area contributed by atoms with Gasteiger partial charge in [0.05, 0.1) is 19.8 Å². The van der Waals surface area contributed by atoms with Gasteiger partial charge in [-0.15, -0.1) is 0 Å². The van der Waals surface area contributed by atoms with Crippen LogP contribution in [-0.4, -0.2) is 42.0 Å². The van der Waals surface area contributed by atoms with E-state index in [4.69, 9.17) is 32.7 Å². The van der Waals surface area contributed by atoms with Crippen molar-refractivity contribution >= 4 is 23.2 Å². The highest BCUT2D eigenvalue weighted by Gasteiger charge is 2.40. The van der Waals surface area contributed by atoms with E-state index in [2.05, 4.69) is 9.88 Å². The molecule has 19 heavy (non-hydrogen) atoms. The lowest BCUT2D eigenvalue weighted by Crippen LogP contribution is -2.48. The number of aromatic nitrogens is 1. The third-order valence-electron chi connectivity index (χ3n) is 3.60. The molecular formula is C13H16Cl2N2O2. The van der Waals surface area contributed by atoms with Crippen molar-refractivity contribution in [2.45, 2.75) is 25.2 Å². The molecule has 1 aromatic rings. The molecule has 0 aromatic carbocycles. The average molecular weight is 303 g/mol. The summed E-state index contributed by atoms with van der Waals surface area (Å²) in [4.78, 5) is 6.37. The number of likely N-dealkylation sites (tertiary alicyclic amines) is 1. The molecule has 104 valence electrons. The second kappa shape index (κ2) is 5.54. The van der Waals surface area contributed by atoms with Crippen molar-refractivity contribution in [3.05, 3.63) is 28.0 Å². The molecule has 1 spiro atoms. The molecule has 4 nitrogen and oxygen atoms in total. The molecule has 0 N–H and O–H groups in total. The number of hydrogen-bond acceptors (Lipinski definition) is 4. The van der Waals surface area contributed by atoms with Gasteiger partial charge in [0, 0.05) is 18.5 Å². The van der Waals surface area contributed by atoms with E-state index in [-0.39, 0.29) is 0 Å². The van der Waals surface area contributed by atoms with Gasteiger partial charge in [0.25, 0.3) is 0 Å². The number of rotatable bonds is 2. The fourth-order valence-electron chi connectivity index (χ4n) is 2.74. The highest BCUT2D eigenvalue weighted by Crippen LogP contribution is 2.31. The van der Waals surface area contributed by atoms with Gasteiger partial charge in [-0.3, -0.25) is 4.90 Å². The molecule has 0 amide bonds. The molecule has 2 saturated heterocycles. The summed E-state index contributed by atoms with van der Waals surface area (Å²) >= 11 is 11.9. The lowest BCUT2D eigenvalue weighted by atomic mass is 10.0. The van der Waals surface area contributed by atoms with Gasteiger partial charge in [-0.1, -0.05) is 29.3 Å². The topological polar surface area (TPSA) is 34.6 Å². The molecule has 0 atom stereocenters. The number of pyridine rings is 1. The molecule has 6 heteroatoms. The predicted molar refractivity (Wildman–Crippen MR) is 73.4 cm³/mol. The Morgan fingerprint density at radius 2 is 2.05 bits per heavy atom. The van der Waals surface area contributed by atoms with Crippen molar-refractivity contribution in [2.24, 2.45) is 0 Å². The van der Waals surface area contributed by atoms with Crippen LogP contribution in [0.1, 0.15) is 18.4 Å². The van der Waals surface area contributed by atoms with Crippen molar-refractivity contribution in [3.8, 4) is 0 Å². The van der Waals surface area contributed by atoms with Gasteiger partial charge in [-0.05, 0) is 19.0 Å². The Hall–Kier alpha value is -0.390. The maximum absolute atomic E-state index is 6.12. The SMILES string of the molecule is Clc1ccc(CN2CCCC3(C2)OCCO3)c(Cl)n1. The Bertz CT molecular complexity index is 464. The number of piperidine rings is 1. The molecular weight excluding hydrogens is 287 g/mol. The lowest BCUT2D eigenvalue weighted by molar-refractivity contribution is -0.190. The highest BCUT2D eigenvalue weighted by atomic mass is 35.5. The van der Waals surface area contributed by atoms with E-state index in [0.29, 0.717) is 23.5 Å². The zero-order chi connectivity index (χ0) is 13.3. The first-order valence-electron chi connectivity index (χ1n) is 6.48. The van der Waals surface area contributed by atoms with Crippen LogP contribution in [0, 0.1) is 0 Å². The number of halogens is 2. The maximum Gasteiger partial charge on any atom is 0.181 e. The molecule has 3 rings (SSSR count). The second-order valence-corrected chi connectivity index (χ2v) is 5.75. The normalized spacial score (nSPS) is 23.1. The predicted octanol–water partition coefficient (Wildman–Crippen LogP) is 2.73. The summed E-state index contributed by atoms with van der Waals surface area (Å²) in [6, 6.07) is 3.69. The Kier molecular flexibility index (Phi) is 3.96. The van der Waals surface area contributed by atoms with Crippen LogP contribution >= 0.6 is 23.2 Å². The van der Waals surface area contributed by atoms with Crippen LogP contribution in [0.3, 0.4) is 0 Å². The fourth-order valence-corrected chi connectivity index (χ4v) is 3.14. The monoisotopic (exact) mass is 302 g/mol. The van der Waals surface area contributed by atoms with Gasteiger partial charge in [0.15, 0.2) is 5.79 Å². The molecule has 0 bridgehead atoms. The van der Waals surface area contributed by atoms with Gasteiger partial charge >= 0.3 is 0 Å². The lowest BCUT2D eigenvalue weighted by Gasteiger charge is -2.38. The van der Waals surface area contributed by atoms with Crippen LogP contribution in [0.5, 0.6) is 0 Å². The van der Waals surface area contributed by atoms with Crippen molar-refractivity contribution in [2.75, 3.05) is 26.3 Å². The minimum absolute atomic E-state index is 0.398. The molecule has 0 radical (unpaired) electrons. The molecule has 2 aliphatic heterocycles. The first-order valence-corrected chi connectivity index (χ1v) is 7.24.